The number of nitrogen functional groups attached to an aromatic ring is 1. The molecule has 2 unspecified atom stereocenters. The topological polar surface area (TPSA) is 55.6 Å². The lowest BCUT2D eigenvalue weighted by molar-refractivity contribution is 0.0601. The number of nitrogens with zero attached hydrogens (tertiary/aromatic N) is 1. The maximum Gasteiger partial charge on any atom is 0.340 e. The van der Waals surface area contributed by atoms with E-state index in [-0.39, 0.29) is 5.97 Å². The van der Waals surface area contributed by atoms with E-state index in [9.17, 15) is 4.79 Å². The second-order valence-electron chi connectivity index (χ2n) is 5.25. The molecule has 0 aromatic heterocycles. The zero-order valence-electron chi connectivity index (χ0n) is 10.6. The molecule has 4 heteroatoms. The summed E-state index contributed by atoms with van der Waals surface area (Å²) in [5.74, 6) is 0.484. The van der Waals surface area contributed by atoms with Crippen molar-refractivity contribution in [3.8, 4) is 0 Å². The summed E-state index contributed by atoms with van der Waals surface area (Å²) < 4.78 is 4.85. The van der Waals surface area contributed by atoms with Crippen molar-refractivity contribution in [1.29, 1.82) is 0 Å². The number of carbonyl (C=O) groups excluding carboxylic acids is 1. The van der Waals surface area contributed by atoms with Crippen molar-refractivity contribution in [3.63, 3.8) is 0 Å². The van der Waals surface area contributed by atoms with Crippen LogP contribution < -0.4 is 10.6 Å². The van der Waals surface area contributed by atoms with Crippen LogP contribution in [0, 0.1) is 5.92 Å². The van der Waals surface area contributed by atoms with Crippen LogP contribution in [0.15, 0.2) is 18.2 Å². The van der Waals surface area contributed by atoms with Crippen LogP contribution in [0.5, 0.6) is 0 Å². The Hall–Kier alpha value is -1.71. The van der Waals surface area contributed by atoms with Gasteiger partial charge in [-0.15, -0.1) is 0 Å². The average molecular weight is 246 g/mol. The van der Waals surface area contributed by atoms with Crippen LogP contribution in [0.2, 0.25) is 0 Å². The summed E-state index contributed by atoms with van der Waals surface area (Å²) in [6.07, 6.45) is 3.81. The van der Waals surface area contributed by atoms with Crippen molar-refractivity contribution < 1.29 is 9.53 Å². The molecule has 1 aliphatic carbocycles. The molecule has 1 aromatic rings. The molecule has 0 spiro atoms. The van der Waals surface area contributed by atoms with Gasteiger partial charge in [0.2, 0.25) is 0 Å². The number of rotatable bonds is 2. The van der Waals surface area contributed by atoms with Gasteiger partial charge >= 0.3 is 5.97 Å². The Morgan fingerprint density at radius 3 is 2.89 bits per heavy atom. The van der Waals surface area contributed by atoms with Gasteiger partial charge in [0.05, 0.1) is 18.4 Å². The highest BCUT2D eigenvalue weighted by Gasteiger charge is 2.39. The number of piperidine rings is 1. The van der Waals surface area contributed by atoms with Gasteiger partial charge < -0.3 is 15.4 Å². The summed E-state index contributed by atoms with van der Waals surface area (Å²) in [4.78, 5) is 14.2. The average Bonchev–Trinajstić information content (AvgIpc) is 3.00. The Balaban J connectivity index is 1.98. The third kappa shape index (κ3) is 1.72. The molecule has 4 nitrogen and oxygen atoms in total. The summed E-state index contributed by atoms with van der Waals surface area (Å²) >= 11 is 0. The van der Waals surface area contributed by atoms with Gasteiger partial charge in [-0.25, -0.2) is 4.79 Å². The van der Waals surface area contributed by atoms with E-state index >= 15 is 0 Å². The van der Waals surface area contributed by atoms with E-state index in [1.54, 1.807) is 6.07 Å². The van der Waals surface area contributed by atoms with Gasteiger partial charge in [0, 0.05) is 18.3 Å². The Bertz CT molecular complexity index is 487. The van der Waals surface area contributed by atoms with E-state index in [0.29, 0.717) is 17.3 Å². The fraction of sp³-hybridized carbons (Fsp3) is 0.500. The maximum atomic E-state index is 11.8. The lowest BCUT2D eigenvalue weighted by atomic mass is 10.1. The Labute approximate surface area is 107 Å². The quantitative estimate of drug-likeness (QED) is 0.641. The van der Waals surface area contributed by atoms with Crippen molar-refractivity contribution in [2.75, 3.05) is 24.3 Å². The first-order chi connectivity index (χ1) is 8.69. The van der Waals surface area contributed by atoms with Crippen molar-refractivity contribution in [1.82, 2.24) is 0 Å². The molecule has 3 rings (SSSR count). The highest BCUT2D eigenvalue weighted by Crippen LogP contribution is 2.41. The molecule has 1 aromatic carbocycles. The minimum Gasteiger partial charge on any atom is -0.465 e. The summed E-state index contributed by atoms with van der Waals surface area (Å²) in [5, 5.41) is 0. The molecule has 2 bridgehead atoms. The van der Waals surface area contributed by atoms with Gasteiger partial charge in [-0.3, -0.25) is 0 Å². The van der Waals surface area contributed by atoms with Crippen LogP contribution in [0.1, 0.15) is 29.6 Å². The number of esters is 1. The third-order valence-corrected chi connectivity index (χ3v) is 4.14. The second kappa shape index (κ2) is 4.19. The fourth-order valence-corrected chi connectivity index (χ4v) is 3.30. The molecule has 18 heavy (non-hydrogen) atoms. The molecule has 1 saturated heterocycles. The second-order valence-corrected chi connectivity index (χ2v) is 5.25. The van der Waals surface area contributed by atoms with E-state index in [1.165, 1.54) is 26.4 Å². The predicted octanol–water partition coefficient (Wildman–Crippen LogP) is 2.04. The summed E-state index contributed by atoms with van der Waals surface area (Å²) in [7, 11) is 1.41. The smallest absolute Gasteiger partial charge is 0.340 e. The van der Waals surface area contributed by atoms with Crippen molar-refractivity contribution in [3.05, 3.63) is 23.8 Å². The molecule has 0 radical (unpaired) electrons. The lowest BCUT2D eigenvalue weighted by Gasteiger charge is -2.30. The number of ether oxygens (including phenoxy) is 1. The molecule has 96 valence electrons. The van der Waals surface area contributed by atoms with Crippen molar-refractivity contribution in [2.24, 2.45) is 5.92 Å². The minimum atomic E-state index is -0.305. The standard InChI is InChI=1S/C14H18N2O2/c1-18-14(17)12-7-10(15)3-5-13(12)16-8-9-2-4-11(16)6-9/h3,5,7,9,11H,2,4,6,8,15H2,1H3. The van der Waals surface area contributed by atoms with Crippen LogP contribution in [0.25, 0.3) is 0 Å². The van der Waals surface area contributed by atoms with E-state index in [2.05, 4.69) is 4.90 Å². The summed E-state index contributed by atoms with van der Waals surface area (Å²) in [6, 6.07) is 6.10. The number of anilines is 2. The zero-order valence-corrected chi connectivity index (χ0v) is 10.6. The third-order valence-electron chi connectivity index (χ3n) is 4.14. The number of hydrogen-bond donors (Lipinski definition) is 1. The van der Waals surface area contributed by atoms with Crippen LogP contribution in [-0.2, 0) is 4.74 Å². The molecule has 1 aliphatic heterocycles. The molecule has 0 amide bonds. The number of nitrogens with two attached hydrogens (primary N) is 1. The molecule has 2 aliphatic rings. The summed E-state index contributed by atoms with van der Waals surface area (Å²) in [5.41, 5.74) is 7.93. The van der Waals surface area contributed by atoms with Crippen LogP contribution in [-0.4, -0.2) is 25.7 Å². The Morgan fingerprint density at radius 1 is 1.44 bits per heavy atom. The first-order valence-corrected chi connectivity index (χ1v) is 6.43. The van der Waals surface area contributed by atoms with E-state index in [0.717, 1.165) is 18.2 Å². The van der Waals surface area contributed by atoms with Gasteiger partial charge in [-0.1, -0.05) is 0 Å². The molecule has 1 heterocycles. The monoisotopic (exact) mass is 246 g/mol. The Kier molecular flexibility index (Phi) is 2.65. The van der Waals surface area contributed by atoms with E-state index < -0.39 is 0 Å². The van der Waals surface area contributed by atoms with Crippen LogP contribution >= 0.6 is 0 Å². The van der Waals surface area contributed by atoms with Gasteiger partial charge in [-0.05, 0) is 43.4 Å². The van der Waals surface area contributed by atoms with Crippen molar-refractivity contribution in [2.45, 2.75) is 25.3 Å². The predicted molar refractivity (Wildman–Crippen MR) is 70.7 cm³/mol. The van der Waals surface area contributed by atoms with Gasteiger partial charge in [0.1, 0.15) is 0 Å². The first kappa shape index (κ1) is 11.4. The normalized spacial score (nSPS) is 25.5. The molecule has 2 N–H and O–H groups in total. The van der Waals surface area contributed by atoms with E-state index in [1.807, 2.05) is 12.1 Å². The highest BCUT2D eigenvalue weighted by atomic mass is 16.5. The number of carbonyl (C=O) groups is 1. The maximum absolute atomic E-state index is 11.8. The van der Waals surface area contributed by atoms with Crippen LogP contribution in [0.4, 0.5) is 11.4 Å². The lowest BCUT2D eigenvalue weighted by Crippen LogP contribution is -2.33. The number of benzene rings is 1. The minimum absolute atomic E-state index is 0.305. The molecular formula is C14H18N2O2. The molecule has 1 saturated carbocycles. The first-order valence-electron chi connectivity index (χ1n) is 6.43. The molecular weight excluding hydrogens is 228 g/mol. The van der Waals surface area contributed by atoms with Crippen molar-refractivity contribution >= 4 is 17.3 Å². The molecule has 2 atom stereocenters. The van der Waals surface area contributed by atoms with Crippen LogP contribution in [0.3, 0.4) is 0 Å². The van der Waals surface area contributed by atoms with E-state index in [4.69, 9.17) is 10.5 Å². The number of methoxy groups -OCH3 is 1. The van der Waals surface area contributed by atoms with Gasteiger partial charge in [0.25, 0.3) is 0 Å². The number of hydrogen-bond acceptors (Lipinski definition) is 4. The number of fused-ring (bicyclic) bond motifs is 2. The SMILES string of the molecule is COC(=O)c1cc(N)ccc1N1CC2CCC1C2. The molecule has 2 fully saturated rings. The fourth-order valence-electron chi connectivity index (χ4n) is 3.30. The summed E-state index contributed by atoms with van der Waals surface area (Å²) in [6.45, 7) is 1.05. The zero-order chi connectivity index (χ0) is 12.7. The van der Waals surface area contributed by atoms with Gasteiger partial charge in [-0.2, -0.15) is 0 Å². The Morgan fingerprint density at radius 2 is 2.28 bits per heavy atom. The van der Waals surface area contributed by atoms with Gasteiger partial charge in [0.15, 0.2) is 0 Å². The largest absolute Gasteiger partial charge is 0.465 e. The highest BCUT2D eigenvalue weighted by molar-refractivity contribution is 5.97.